The number of nitrogens with zero attached hydrogens (tertiary/aromatic N) is 2. The van der Waals surface area contributed by atoms with E-state index >= 15 is 0 Å². The molecule has 1 aromatic heterocycles. The lowest BCUT2D eigenvalue weighted by molar-refractivity contribution is 0.0947. The Morgan fingerprint density at radius 2 is 2.07 bits per heavy atom. The van der Waals surface area contributed by atoms with Crippen molar-refractivity contribution in [3.8, 4) is 0 Å². The Bertz CT molecular complexity index is 836. The summed E-state index contributed by atoms with van der Waals surface area (Å²) >= 11 is 0. The number of aryl methyl sites for hydroxylation is 1. The number of benzene rings is 1. The maximum Gasteiger partial charge on any atom is 0.253 e. The first-order valence-corrected chi connectivity index (χ1v) is 9.75. The summed E-state index contributed by atoms with van der Waals surface area (Å²) in [5.41, 5.74) is 3.18. The van der Waals surface area contributed by atoms with Gasteiger partial charge in [0.2, 0.25) is 0 Å². The highest BCUT2D eigenvalue weighted by Crippen LogP contribution is 2.27. The number of amides is 1. The van der Waals surface area contributed by atoms with Gasteiger partial charge < -0.3 is 15.0 Å². The molecule has 1 fully saturated rings. The Hall–Kier alpha value is -2.47. The van der Waals surface area contributed by atoms with Crippen molar-refractivity contribution in [2.24, 2.45) is 0 Å². The van der Waals surface area contributed by atoms with Crippen LogP contribution >= 0.6 is 0 Å². The van der Waals surface area contributed by atoms with Crippen molar-refractivity contribution in [1.82, 2.24) is 10.3 Å². The Morgan fingerprint density at radius 1 is 1.36 bits per heavy atom. The maximum atomic E-state index is 13.1. The van der Waals surface area contributed by atoms with Gasteiger partial charge >= 0.3 is 0 Å². The second-order valence-electron chi connectivity index (χ2n) is 7.64. The third kappa shape index (κ3) is 4.50. The topological polar surface area (TPSA) is 54.5 Å². The molecule has 1 aliphatic rings. The van der Waals surface area contributed by atoms with E-state index in [1.54, 1.807) is 12.1 Å². The molecule has 1 atom stereocenters. The van der Waals surface area contributed by atoms with Gasteiger partial charge in [-0.2, -0.15) is 0 Å². The summed E-state index contributed by atoms with van der Waals surface area (Å²) in [4.78, 5) is 20.0. The Labute approximate surface area is 165 Å². The lowest BCUT2D eigenvalue weighted by Crippen LogP contribution is -2.44. The molecule has 0 saturated carbocycles. The molecule has 1 N–H and O–H groups in total. The highest BCUT2D eigenvalue weighted by Gasteiger charge is 2.25. The van der Waals surface area contributed by atoms with Crippen LogP contribution in [0.25, 0.3) is 0 Å². The molecule has 2 aromatic rings. The highest BCUT2D eigenvalue weighted by atomic mass is 19.1. The minimum absolute atomic E-state index is 0.113. The Balaban J connectivity index is 1.84. The number of halogens is 1. The number of ether oxygens (including phenoxy) is 1. The number of hydrogen-bond acceptors (Lipinski definition) is 4. The molecule has 150 valence electrons. The van der Waals surface area contributed by atoms with Crippen LogP contribution in [0.2, 0.25) is 0 Å². The average molecular weight is 385 g/mol. The first-order valence-electron chi connectivity index (χ1n) is 9.75. The molecule has 1 aromatic carbocycles. The molecule has 0 unspecified atom stereocenters. The van der Waals surface area contributed by atoms with Gasteiger partial charge in [0.15, 0.2) is 0 Å². The predicted molar refractivity (Wildman–Crippen MR) is 108 cm³/mol. The second kappa shape index (κ2) is 8.69. The molecule has 0 spiro atoms. The van der Waals surface area contributed by atoms with Crippen LogP contribution in [0.15, 0.2) is 30.3 Å². The van der Waals surface area contributed by atoms with Crippen molar-refractivity contribution in [2.45, 2.75) is 46.2 Å². The first-order chi connectivity index (χ1) is 13.4. The zero-order chi connectivity index (χ0) is 20.3. The van der Waals surface area contributed by atoms with Crippen molar-refractivity contribution in [3.05, 3.63) is 58.5 Å². The quantitative estimate of drug-likeness (QED) is 0.850. The van der Waals surface area contributed by atoms with E-state index in [1.807, 2.05) is 26.8 Å². The van der Waals surface area contributed by atoms with Crippen LogP contribution in [0.5, 0.6) is 0 Å². The minimum Gasteiger partial charge on any atom is -0.377 e. The monoisotopic (exact) mass is 385 g/mol. The van der Waals surface area contributed by atoms with Gasteiger partial charge in [-0.05, 0) is 49.1 Å². The molecule has 1 amide bonds. The van der Waals surface area contributed by atoms with Crippen LogP contribution in [0, 0.1) is 12.7 Å². The average Bonchev–Trinajstić information content (AvgIpc) is 2.67. The zero-order valence-electron chi connectivity index (χ0n) is 17.0. The summed E-state index contributed by atoms with van der Waals surface area (Å²) in [6, 6.07) is 8.37. The van der Waals surface area contributed by atoms with E-state index in [9.17, 15) is 9.18 Å². The fourth-order valence-electron chi connectivity index (χ4n) is 3.48. The Morgan fingerprint density at radius 3 is 2.71 bits per heavy atom. The van der Waals surface area contributed by atoms with Crippen LogP contribution in [0.3, 0.4) is 0 Å². The molecule has 3 rings (SSSR count). The van der Waals surface area contributed by atoms with E-state index in [2.05, 4.69) is 17.1 Å². The summed E-state index contributed by atoms with van der Waals surface area (Å²) in [6.45, 7) is 10.7. The molecule has 1 aliphatic heterocycles. The van der Waals surface area contributed by atoms with Crippen LogP contribution in [0.1, 0.15) is 53.9 Å². The number of carbonyl (C=O) groups excluding carboxylic acids is 1. The normalized spacial score (nSPS) is 17.1. The van der Waals surface area contributed by atoms with Crippen molar-refractivity contribution in [2.75, 3.05) is 24.7 Å². The van der Waals surface area contributed by atoms with Crippen molar-refractivity contribution >= 4 is 11.7 Å². The zero-order valence-corrected chi connectivity index (χ0v) is 17.0. The van der Waals surface area contributed by atoms with Gasteiger partial charge in [0.25, 0.3) is 5.91 Å². The molecule has 0 aliphatic carbocycles. The summed E-state index contributed by atoms with van der Waals surface area (Å²) in [7, 11) is 0. The molecule has 0 bridgehead atoms. The lowest BCUT2D eigenvalue weighted by atomic mass is 9.98. The van der Waals surface area contributed by atoms with Gasteiger partial charge in [0.05, 0.1) is 30.5 Å². The molecule has 1 saturated heterocycles. The van der Waals surface area contributed by atoms with E-state index in [-0.39, 0.29) is 23.7 Å². The molecule has 28 heavy (non-hydrogen) atoms. The van der Waals surface area contributed by atoms with E-state index < -0.39 is 0 Å². The fourth-order valence-corrected chi connectivity index (χ4v) is 3.48. The third-order valence-corrected chi connectivity index (χ3v) is 5.03. The smallest absolute Gasteiger partial charge is 0.253 e. The van der Waals surface area contributed by atoms with Gasteiger partial charge in [-0.1, -0.05) is 26.0 Å². The molecule has 6 heteroatoms. The minimum atomic E-state index is -0.287. The van der Waals surface area contributed by atoms with Gasteiger partial charge in [-0.15, -0.1) is 0 Å². The molecular formula is C22H28FN3O2. The third-order valence-electron chi connectivity index (χ3n) is 5.03. The first kappa shape index (κ1) is 20.3. The van der Waals surface area contributed by atoms with Gasteiger partial charge in [-0.3, -0.25) is 4.79 Å². The van der Waals surface area contributed by atoms with Crippen LogP contribution in [0.4, 0.5) is 10.2 Å². The summed E-state index contributed by atoms with van der Waals surface area (Å²) in [6.07, 6.45) is 0. The number of rotatable bonds is 5. The fraction of sp³-hybridized carbons (Fsp3) is 0.455. The van der Waals surface area contributed by atoms with Crippen molar-refractivity contribution in [1.29, 1.82) is 0 Å². The van der Waals surface area contributed by atoms with Gasteiger partial charge in [0.1, 0.15) is 11.6 Å². The highest BCUT2D eigenvalue weighted by molar-refractivity contribution is 5.97. The number of hydrogen-bond donors (Lipinski definition) is 1. The van der Waals surface area contributed by atoms with Crippen LogP contribution in [-0.4, -0.2) is 36.7 Å². The number of morpholine rings is 1. The Kier molecular flexibility index (Phi) is 6.29. The van der Waals surface area contributed by atoms with Crippen molar-refractivity contribution in [3.63, 3.8) is 0 Å². The van der Waals surface area contributed by atoms with Crippen LogP contribution < -0.4 is 10.2 Å². The van der Waals surface area contributed by atoms with Crippen LogP contribution in [-0.2, 0) is 11.3 Å². The van der Waals surface area contributed by atoms with Gasteiger partial charge in [-0.25, -0.2) is 9.37 Å². The van der Waals surface area contributed by atoms with E-state index in [4.69, 9.17) is 9.72 Å². The molecular weight excluding hydrogens is 357 g/mol. The summed E-state index contributed by atoms with van der Waals surface area (Å²) in [5, 5.41) is 2.94. The second-order valence-corrected chi connectivity index (χ2v) is 7.64. The number of anilines is 1. The summed E-state index contributed by atoms with van der Waals surface area (Å²) < 4.78 is 18.6. The van der Waals surface area contributed by atoms with E-state index in [1.165, 1.54) is 12.1 Å². The maximum absolute atomic E-state index is 13.1. The predicted octanol–water partition coefficient (Wildman–Crippen LogP) is 3.81. The van der Waals surface area contributed by atoms with E-state index in [0.29, 0.717) is 25.3 Å². The van der Waals surface area contributed by atoms with E-state index in [0.717, 1.165) is 29.2 Å². The number of pyridine rings is 1. The lowest BCUT2D eigenvalue weighted by Gasteiger charge is -2.35. The van der Waals surface area contributed by atoms with Crippen molar-refractivity contribution < 1.29 is 13.9 Å². The standard InChI is InChI=1S/C22H28FN3O2/c1-14(2)21-20(22(27)24-12-17-5-7-18(23)8-6-17)15(3)11-19(25-21)26-9-10-28-13-16(26)4/h5-8,11,14,16H,9-10,12-13H2,1-4H3,(H,24,27)/t16-/m1/s1. The molecule has 2 heterocycles. The van der Waals surface area contributed by atoms with Gasteiger partial charge in [0, 0.05) is 13.1 Å². The summed E-state index contributed by atoms with van der Waals surface area (Å²) in [5.74, 6) is 0.568. The number of aromatic nitrogens is 1. The number of carbonyl (C=O) groups is 1. The molecule has 0 radical (unpaired) electrons. The largest absolute Gasteiger partial charge is 0.377 e. The number of nitrogens with one attached hydrogen (secondary N) is 1. The molecule has 5 nitrogen and oxygen atoms in total. The SMILES string of the molecule is Cc1cc(N2CCOC[C@H]2C)nc(C(C)C)c1C(=O)NCc1ccc(F)cc1.